The van der Waals surface area contributed by atoms with Crippen molar-refractivity contribution in [3.8, 4) is 0 Å². The Morgan fingerprint density at radius 1 is 2.00 bits per heavy atom. The van der Waals surface area contributed by atoms with Gasteiger partial charge in [-0.05, 0) is 0 Å². The highest BCUT2D eigenvalue weighted by molar-refractivity contribution is 6.39. The lowest BCUT2D eigenvalue weighted by atomic mass is 11.0. The van der Waals surface area contributed by atoms with Crippen molar-refractivity contribution in [2.75, 3.05) is 6.61 Å². The van der Waals surface area contributed by atoms with Crippen LogP contribution in [0, 0.1) is 0 Å². The number of hydrogen-bond acceptors (Lipinski definition) is 1. The van der Waals surface area contributed by atoms with Crippen LogP contribution < -0.4 is 0 Å². The molecule has 1 aliphatic rings. The first-order chi connectivity index (χ1) is 1.89. The van der Waals surface area contributed by atoms with Gasteiger partial charge in [0, 0.05) is 9.85 Å². The molecule has 0 aromatic carbocycles. The molecule has 4 heavy (non-hydrogen) atoms. The van der Waals surface area contributed by atoms with Crippen LogP contribution in [0.3, 0.4) is 0 Å². The number of hydrogen-bond donors (Lipinski definition) is 0. The van der Waals surface area contributed by atoms with Crippen molar-refractivity contribution in [2.45, 2.75) is 0 Å². The largest absolute Gasteiger partial charge is 0.493 e. The van der Waals surface area contributed by atoms with Gasteiger partial charge in [0.1, 0.15) is 6.61 Å². The summed E-state index contributed by atoms with van der Waals surface area (Å²) in [7, 11) is 1.81. The van der Waals surface area contributed by atoms with E-state index in [1.165, 1.54) is 5.35 Å². The van der Waals surface area contributed by atoms with Crippen LogP contribution in [-0.2, 0) is 4.74 Å². The van der Waals surface area contributed by atoms with E-state index in [1.807, 2.05) is 9.85 Å². The Morgan fingerprint density at radius 2 is 2.25 bits per heavy atom. The molecule has 1 fully saturated rings. The molecule has 0 N–H and O–H groups in total. The Balaban J connectivity index is 2.60. The third-order valence-electron chi connectivity index (χ3n) is 0.348. The standard InChI is InChI=1S/C2H4OSi/c4-2-1-3-2/h1,4H2. The van der Waals surface area contributed by atoms with Crippen LogP contribution in [0.15, 0.2) is 0 Å². The molecule has 1 rings (SSSR count). The minimum absolute atomic E-state index is 0.915. The fourth-order valence-corrected chi connectivity index (χ4v) is 0.153. The minimum atomic E-state index is 0.915. The molecule has 1 heterocycles. The molecule has 1 aliphatic heterocycles. The summed E-state index contributed by atoms with van der Waals surface area (Å²) in [4.78, 5) is 0. The van der Waals surface area contributed by atoms with Crippen LogP contribution in [0.2, 0.25) is 0 Å². The first-order valence-electron chi connectivity index (χ1n) is 1.20. The lowest BCUT2D eigenvalue weighted by Crippen LogP contribution is -1.54. The Kier molecular flexibility index (Phi) is 0.231. The van der Waals surface area contributed by atoms with Crippen LogP contribution in [0.1, 0.15) is 0 Å². The zero-order valence-corrected chi connectivity index (χ0v) is 3.74. The third kappa shape index (κ3) is 0.178. The molecule has 0 amide bonds. The molecule has 1 nitrogen and oxygen atoms in total. The first kappa shape index (κ1) is 2.14. The highest BCUT2D eigenvalue weighted by Crippen LogP contribution is 1.89. The van der Waals surface area contributed by atoms with Crippen molar-refractivity contribution in [1.29, 1.82) is 0 Å². The molecule has 0 radical (unpaired) electrons. The maximum absolute atomic E-state index is 4.64. The summed E-state index contributed by atoms with van der Waals surface area (Å²) in [5.41, 5.74) is 0. The van der Waals surface area contributed by atoms with Gasteiger partial charge in [-0.3, -0.25) is 0 Å². The summed E-state index contributed by atoms with van der Waals surface area (Å²) in [5, 5.41) is 1.19. The Labute approximate surface area is 27.6 Å². The van der Waals surface area contributed by atoms with Gasteiger partial charge >= 0.3 is 0 Å². The summed E-state index contributed by atoms with van der Waals surface area (Å²) >= 11 is 0. The van der Waals surface area contributed by atoms with Gasteiger partial charge in [-0.25, -0.2) is 0 Å². The van der Waals surface area contributed by atoms with Crippen molar-refractivity contribution in [2.24, 2.45) is 0 Å². The topological polar surface area (TPSA) is 12.5 Å². The molecule has 22 valence electrons. The van der Waals surface area contributed by atoms with Crippen molar-refractivity contribution in [3.63, 3.8) is 0 Å². The van der Waals surface area contributed by atoms with Gasteiger partial charge < -0.3 is 4.74 Å². The van der Waals surface area contributed by atoms with Crippen LogP contribution in [0.4, 0.5) is 0 Å². The molecule has 2 heteroatoms. The molecule has 0 aliphatic carbocycles. The van der Waals surface area contributed by atoms with E-state index >= 15 is 0 Å². The zero-order valence-electron chi connectivity index (χ0n) is 2.32. The SMILES string of the molecule is [SiH2]=C1CO1. The minimum Gasteiger partial charge on any atom is -0.493 e. The Bertz CT molecular complexity index is 44.0. The second-order valence-corrected chi connectivity index (χ2v) is 1.62. The van der Waals surface area contributed by atoms with Gasteiger partial charge in [0.05, 0.1) is 5.35 Å². The molecule has 0 aromatic rings. The maximum Gasteiger partial charge on any atom is 0.138 e. The maximum atomic E-state index is 4.64. The molecule has 0 unspecified atom stereocenters. The van der Waals surface area contributed by atoms with Crippen molar-refractivity contribution < 1.29 is 4.74 Å². The summed E-state index contributed by atoms with van der Waals surface area (Å²) in [6.07, 6.45) is 0. The van der Waals surface area contributed by atoms with Gasteiger partial charge in [-0.15, -0.1) is 0 Å². The van der Waals surface area contributed by atoms with Gasteiger partial charge in [-0.2, -0.15) is 0 Å². The summed E-state index contributed by atoms with van der Waals surface area (Å²) in [6.45, 7) is 0.915. The number of ether oxygens (including phenoxy) is 1. The number of epoxide rings is 1. The highest BCUT2D eigenvalue weighted by atomic mass is 28.1. The van der Waals surface area contributed by atoms with E-state index in [2.05, 4.69) is 4.74 Å². The molecule has 0 saturated carbocycles. The monoisotopic (exact) mass is 72.0 g/mol. The summed E-state index contributed by atoms with van der Waals surface area (Å²) in [6, 6.07) is 0. The van der Waals surface area contributed by atoms with E-state index in [9.17, 15) is 0 Å². The van der Waals surface area contributed by atoms with Crippen LogP contribution >= 0.6 is 0 Å². The van der Waals surface area contributed by atoms with Gasteiger partial charge in [-0.1, -0.05) is 0 Å². The van der Waals surface area contributed by atoms with Crippen molar-refractivity contribution >= 4 is 15.2 Å². The lowest BCUT2D eigenvalue weighted by Gasteiger charge is -1.39. The Morgan fingerprint density at radius 3 is 2.25 bits per heavy atom. The van der Waals surface area contributed by atoms with Crippen LogP contribution in [0.25, 0.3) is 0 Å². The normalized spacial score (nSPS) is 19.5. The molecular weight excluding hydrogens is 68.1 g/mol. The van der Waals surface area contributed by atoms with Crippen LogP contribution in [-0.4, -0.2) is 21.8 Å². The van der Waals surface area contributed by atoms with Gasteiger partial charge in [0.15, 0.2) is 0 Å². The van der Waals surface area contributed by atoms with E-state index in [0.29, 0.717) is 0 Å². The predicted octanol–water partition coefficient (Wildman–Crippen LogP) is -1.22. The fourth-order valence-electron chi connectivity index (χ4n) is 0.0510. The highest BCUT2D eigenvalue weighted by Gasteiger charge is 2.04. The molecule has 0 bridgehead atoms. The Hall–Kier alpha value is -0.113. The molecular formula is C2H4OSi. The predicted molar refractivity (Wildman–Crippen MR) is 19.5 cm³/mol. The van der Waals surface area contributed by atoms with Crippen molar-refractivity contribution in [1.82, 2.24) is 0 Å². The van der Waals surface area contributed by atoms with E-state index in [1.54, 1.807) is 0 Å². The second kappa shape index (κ2) is 0.430. The summed E-state index contributed by atoms with van der Waals surface area (Å²) < 4.78 is 4.64. The van der Waals surface area contributed by atoms with E-state index in [-0.39, 0.29) is 0 Å². The lowest BCUT2D eigenvalue weighted by molar-refractivity contribution is 0.554. The third-order valence-corrected chi connectivity index (χ3v) is 0.757. The molecule has 0 spiro atoms. The quantitative estimate of drug-likeness (QED) is 0.258. The van der Waals surface area contributed by atoms with E-state index < -0.39 is 0 Å². The van der Waals surface area contributed by atoms with E-state index in [4.69, 9.17) is 0 Å². The zero-order chi connectivity index (χ0) is 2.99. The van der Waals surface area contributed by atoms with Crippen molar-refractivity contribution in [3.05, 3.63) is 0 Å². The average molecular weight is 72.1 g/mol. The van der Waals surface area contributed by atoms with Crippen LogP contribution in [0.5, 0.6) is 0 Å². The second-order valence-electron chi connectivity index (χ2n) is 0.827. The summed E-state index contributed by atoms with van der Waals surface area (Å²) in [5.74, 6) is 0. The average Bonchev–Trinajstić information content (AvgIpc) is 1.75. The first-order valence-corrected chi connectivity index (χ1v) is 1.91. The smallest absolute Gasteiger partial charge is 0.138 e. The molecule has 0 aromatic heterocycles. The van der Waals surface area contributed by atoms with Gasteiger partial charge in [0.25, 0.3) is 0 Å². The van der Waals surface area contributed by atoms with Gasteiger partial charge in [0.2, 0.25) is 0 Å². The fraction of sp³-hybridized carbons (Fsp3) is 0.500. The molecule has 1 saturated heterocycles. The molecule has 0 atom stereocenters. The number of rotatable bonds is 0. The van der Waals surface area contributed by atoms with E-state index in [0.717, 1.165) is 6.61 Å².